The number of nitrogens with zero attached hydrogens (tertiary/aromatic N) is 1. The van der Waals surface area contributed by atoms with Crippen molar-refractivity contribution in [3.63, 3.8) is 0 Å². The molecular formula is C7H9N3O2. The zero-order valence-electron chi connectivity index (χ0n) is 6.41. The average molecular weight is 167 g/mol. The lowest BCUT2D eigenvalue weighted by Crippen LogP contribution is -2.59. The maximum atomic E-state index is 11.2. The fraction of sp³-hybridized carbons (Fsp3) is 0.571. The number of imide groups is 1. The van der Waals surface area contributed by atoms with Crippen molar-refractivity contribution in [1.29, 1.82) is 0 Å². The van der Waals surface area contributed by atoms with Gasteiger partial charge in [-0.3, -0.25) is 15.1 Å². The van der Waals surface area contributed by atoms with E-state index in [0.717, 1.165) is 0 Å². The summed E-state index contributed by atoms with van der Waals surface area (Å²) in [5.74, 6) is -0.381. The van der Waals surface area contributed by atoms with E-state index in [4.69, 9.17) is 0 Å². The van der Waals surface area contributed by atoms with Crippen LogP contribution in [-0.4, -0.2) is 30.7 Å². The smallest absolute Gasteiger partial charge is 0.321 e. The van der Waals surface area contributed by atoms with Gasteiger partial charge in [0.1, 0.15) is 0 Å². The van der Waals surface area contributed by atoms with E-state index in [0.29, 0.717) is 13.0 Å². The molecular weight excluding hydrogens is 158 g/mol. The predicted molar refractivity (Wildman–Crippen MR) is 41.9 cm³/mol. The molecule has 3 amide bonds. The van der Waals surface area contributed by atoms with E-state index >= 15 is 0 Å². The summed E-state index contributed by atoms with van der Waals surface area (Å²) in [6, 6.07) is -0.444. The highest BCUT2D eigenvalue weighted by Crippen LogP contribution is 2.14. The van der Waals surface area contributed by atoms with Gasteiger partial charge in [0.05, 0.1) is 12.5 Å². The predicted octanol–water partition coefficient (Wildman–Crippen LogP) is -0.715. The zero-order chi connectivity index (χ0) is 8.55. The van der Waals surface area contributed by atoms with E-state index in [1.807, 2.05) is 0 Å². The number of nitrogens with one attached hydrogen (secondary N) is 2. The van der Waals surface area contributed by atoms with Gasteiger partial charge in [0.15, 0.2) is 0 Å². The number of amides is 3. The first-order valence-electron chi connectivity index (χ1n) is 3.87. The van der Waals surface area contributed by atoms with Gasteiger partial charge in [-0.15, -0.1) is 0 Å². The highest BCUT2D eigenvalue weighted by Gasteiger charge is 2.35. The summed E-state index contributed by atoms with van der Waals surface area (Å²) >= 11 is 0. The van der Waals surface area contributed by atoms with Crippen molar-refractivity contribution in [3.05, 3.63) is 0 Å². The van der Waals surface area contributed by atoms with Crippen molar-refractivity contribution in [1.82, 2.24) is 10.6 Å². The molecule has 2 N–H and O–H groups in total. The second-order valence-electron chi connectivity index (χ2n) is 2.96. The summed E-state index contributed by atoms with van der Waals surface area (Å²) in [5, 5.41) is 4.90. The maximum Gasteiger partial charge on any atom is 0.321 e. The number of aliphatic imine (C=N–C) groups is 1. The minimum Gasteiger partial charge on any atom is -0.334 e. The third-order valence-electron chi connectivity index (χ3n) is 2.17. The fourth-order valence-corrected chi connectivity index (χ4v) is 1.50. The van der Waals surface area contributed by atoms with E-state index in [2.05, 4.69) is 15.6 Å². The number of hydrogen-bond acceptors (Lipinski definition) is 3. The van der Waals surface area contributed by atoms with Crippen LogP contribution in [0, 0.1) is 5.92 Å². The van der Waals surface area contributed by atoms with E-state index in [9.17, 15) is 9.59 Å². The maximum absolute atomic E-state index is 11.2. The molecule has 12 heavy (non-hydrogen) atoms. The van der Waals surface area contributed by atoms with Crippen LogP contribution in [0.4, 0.5) is 4.79 Å². The molecule has 5 heteroatoms. The Morgan fingerprint density at radius 3 is 3.17 bits per heavy atom. The minimum atomic E-state index is -0.392. The van der Waals surface area contributed by atoms with Gasteiger partial charge in [-0.05, 0) is 0 Å². The van der Waals surface area contributed by atoms with Crippen LogP contribution in [0.3, 0.4) is 0 Å². The number of hydrogen-bond donors (Lipinski definition) is 2. The molecule has 2 aliphatic heterocycles. The summed E-state index contributed by atoms with van der Waals surface area (Å²) in [6.07, 6.45) is 2.41. The van der Waals surface area contributed by atoms with Gasteiger partial charge in [0.25, 0.3) is 0 Å². The van der Waals surface area contributed by atoms with Crippen LogP contribution in [0.25, 0.3) is 0 Å². The molecule has 2 aliphatic rings. The Morgan fingerprint density at radius 2 is 2.33 bits per heavy atom. The lowest BCUT2D eigenvalue weighted by Gasteiger charge is -2.31. The Labute approximate surface area is 69.2 Å². The van der Waals surface area contributed by atoms with Gasteiger partial charge in [0, 0.05) is 18.7 Å². The van der Waals surface area contributed by atoms with Gasteiger partial charge in [-0.1, -0.05) is 0 Å². The summed E-state index contributed by atoms with van der Waals surface area (Å²) in [5.41, 5.74) is 0. The lowest BCUT2D eigenvalue weighted by molar-refractivity contribution is -0.125. The average Bonchev–Trinajstić information content (AvgIpc) is 2.04. The molecule has 2 rings (SSSR count). The molecule has 0 aliphatic carbocycles. The quantitative estimate of drug-likeness (QED) is 0.500. The van der Waals surface area contributed by atoms with Crippen LogP contribution >= 0.6 is 0 Å². The van der Waals surface area contributed by atoms with Gasteiger partial charge >= 0.3 is 6.03 Å². The first kappa shape index (κ1) is 7.27. The highest BCUT2D eigenvalue weighted by molar-refractivity contribution is 5.99. The molecule has 0 aromatic carbocycles. The number of fused-ring (bicyclic) bond motifs is 1. The third-order valence-corrected chi connectivity index (χ3v) is 2.17. The van der Waals surface area contributed by atoms with Gasteiger partial charge < -0.3 is 5.32 Å². The van der Waals surface area contributed by atoms with Gasteiger partial charge in [-0.2, -0.15) is 0 Å². The monoisotopic (exact) mass is 167 g/mol. The van der Waals surface area contributed by atoms with E-state index in [1.54, 1.807) is 6.21 Å². The topological polar surface area (TPSA) is 70.6 Å². The molecule has 2 atom stereocenters. The molecule has 0 aromatic heterocycles. The molecule has 0 aromatic rings. The molecule has 0 saturated carbocycles. The molecule has 0 spiro atoms. The molecule has 1 saturated heterocycles. The largest absolute Gasteiger partial charge is 0.334 e. The van der Waals surface area contributed by atoms with Crippen LogP contribution < -0.4 is 10.6 Å². The summed E-state index contributed by atoms with van der Waals surface area (Å²) in [7, 11) is 0. The Balaban J connectivity index is 2.18. The second kappa shape index (κ2) is 2.58. The second-order valence-corrected chi connectivity index (χ2v) is 2.96. The highest BCUT2D eigenvalue weighted by atomic mass is 16.2. The molecule has 0 radical (unpaired) electrons. The minimum absolute atomic E-state index is 0.0521. The molecule has 2 heterocycles. The summed E-state index contributed by atoms with van der Waals surface area (Å²) < 4.78 is 0. The van der Waals surface area contributed by atoms with Gasteiger partial charge in [-0.25, -0.2) is 4.79 Å². The van der Waals surface area contributed by atoms with E-state index in [1.165, 1.54) is 0 Å². The number of carbonyl (C=O) groups is 2. The molecule has 5 nitrogen and oxygen atoms in total. The zero-order valence-corrected chi connectivity index (χ0v) is 6.41. The lowest BCUT2D eigenvalue weighted by atomic mass is 9.93. The summed E-state index contributed by atoms with van der Waals surface area (Å²) in [4.78, 5) is 26.0. The van der Waals surface area contributed by atoms with Crippen molar-refractivity contribution < 1.29 is 9.59 Å². The molecule has 1 fully saturated rings. The van der Waals surface area contributed by atoms with E-state index in [-0.39, 0.29) is 17.9 Å². The Kier molecular flexibility index (Phi) is 1.56. The number of carbonyl (C=O) groups excluding carboxylic acids is 2. The van der Waals surface area contributed by atoms with Crippen LogP contribution in [0.15, 0.2) is 4.99 Å². The first-order chi connectivity index (χ1) is 5.77. The fourth-order valence-electron chi connectivity index (χ4n) is 1.50. The Morgan fingerprint density at radius 1 is 1.50 bits per heavy atom. The van der Waals surface area contributed by atoms with Gasteiger partial charge in [0.2, 0.25) is 5.91 Å². The number of rotatable bonds is 0. The normalized spacial score (nSPS) is 33.7. The Hall–Kier alpha value is -1.39. The van der Waals surface area contributed by atoms with Crippen LogP contribution in [0.1, 0.15) is 6.42 Å². The van der Waals surface area contributed by atoms with Crippen molar-refractivity contribution >= 4 is 18.2 Å². The van der Waals surface area contributed by atoms with Crippen LogP contribution in [-0.2, 0) is 4.79 Å². The first-order valence-corrected chi connectivity index (χ1v) is 3.87. The van der Waals surface area contributed by atoms with Crippen LogP contribution in [0.2, 0.25) is 0 Å². The summed E-state index contributed by atoms with van der Waals surface area (Å²) in [6.45, 7) is 0.483. The van der Waals surface area contributed by atoms with Crippen molar-refractivity contribution in [2.45, 2.75) is 12.5 Å². The standard InChI is InChI=1S/C7H9N3O2/c11-6-4-3-8-2-1-5(4)9-7(12)10-6/h2,4-5H,1,3H2,(H2,9,10,11,12). The molecule has 0 bridgehead atoms. The van der Waals surface area contributed by atoms with Crippen molar-refractivity contribution in [2.24, 2.45) is 10.9 Å². The molecule has 64 valence electrons. The van der Waals surface area contributed by atoms with Crippen molar-refractivity contribution in [2.75, 3.05) is 6.54 Å². The van der Waals surface area contributed by atoms with Crippen molar-refractivity contribution in [3.8, 4) is 0 Å². The van der Waals surface area contributed by atoms with Crippen LogP contribution in [0.5, 0.6) is 0 Å². The van der Waals surface area contributed by atoms with E-state index < -0.39 is 6.03 Å². The number of urea groups is 1. The Bertz CT molecular complexity index is 261. The SMILES string of the molecule is O=C1NC(=O)C2CN=CCC2N1. The third kappa shape index (κ3) is 1.07. The molecule has 2 unspecified atom stereocenters.